The lowest BCUT2D eigenvalue weighted by Gasteiger charge is -2.31. The lowest BCUT2D eigenvalue weighted by Crippen LogP contribution is -2.43. The molecule has 3 aromatic rings. The van der Waals surface area contributed by atoms with Gasteiger partial charge in [0.05, 0.1) is 18.5 Å². The van der Waals surface area contributed by atoms with E-state index in [1.807, 2.05) is 63.2 Å². The second kappa shape index (κ2) is 9.22. The maximum atomic E-state index is 13.6. The van der Waals surface area contributed by atoms with Gasteiger partial charge >= 0.3 is 0 Å². The number of aryl methyl sites for hydroxylation is 1. The fourth-order valence-corrected chi connectivity index (χ4v) is 4.92. The Bertz CT molecular complexity index is 1280. The fraction of sp³-hybridized carbons (Fsp3) is 0.370. The van der Waals surface area contributed by atoms with Gasteiger partial charge in [-0.25, -0.2) is 4.68 Å². The zero-order chi connectivity index (χ0) is 24.6. The summed E-state index contributed by atoms with van der Waals surface area (Å²) >= 11 is 1.62. The van der Waals surface area contributed by atoms with Crippen molar-refractivity contribution in [2.45, 2.75) is 46.1 Å². The largest absolute Gasteiger partial charge is 0.496 e. The second-order valence-electron chi connectivity index (χ2n) is 9.45. The monoisotopic (exact) mass is 476 g/mol. The molecule has 0 atom stereocenters. The standard InChI is InChI=1S/C27H32N4O2S/c1-8-17(15-28-5)21-14-22-18(13-23(21)33-7)9-10-20-24(26(32)30(6)27(2,3)4)29-31(25(20)22)19-11-12-34-16-19/h8,11-16H,9-10H2,1-7H3/b17-8+,28-15-. The number of carbonyl (C=O) groups is 1. The summed E-state index contributed by atoms with van der Waals surface area (Å²) in [4.78, 5) is 19.6. The van der Waals surface area contributed by atoms with Gasteiger partial charge in [0.2, 0.25) is 0 Å². The van der Waals surface area contributed by atoms with E-state index in [2.05, 4.69) is 22.5 Å². The van der Waals surface area contributed by atoms with Gasteiger partial charge in [-0.1, -0.05) is 6.08 Å². The number of hydrogen-bond acceptors (Lipinski definition) is 5. The van der Waals surface area contributed by atoms with Crippen molar-refractivity contribution in [3.63, 3.8) is 0 Å². The van der Waals surface area contributed by atoms with Crippen LogP contribution in [0.3, 0.4) is 0 Å². The van der Waals surface area contributed by atoms with E-state index >= 15 is 0 Å². The maximum absolute atomic E-state index is 13.6. The van der Waals surface area contributed by atoms with E-state index in [4.69, 9.17) is 9.84 Å². The SMILES string of the molecule is C/C=C(\C=N/C)c1cc2c(cc1OC)CCc1c(C(=O)N(C)C(C)(C)C)nn(-c3ccsc3)c1-2. The first kappa shape index (κ1) is 24.0. The third-order valence-electron chi connectivity index (χ3n) is 6.46. The molecule has 2 heterocycles. The van der Waals surface area contributed by atoms with Crippen LogP contribution < -0.4 is 4.74 Å². The molecule has 7 heteroatoms. The lowest BCUT2D eigenvalue weighted by molar-refractivity contribution is 0.0648. The number of aliphatic imine (C=N–C) groups is 1. The van der Waals surface area contributed by atoms with E-state index in [1.165, 1.54) is 5.56 Å². The Morgan fingerprint density at radius 2 is 2.06 bits per heavy atom. The summed E-state index contributed by atoms with van der Waals surface area (Å²) in [6, 6.07) is 6.32. The van der Waals surface area contributed by atoms with Crippen LogP contribution in [-0.2, 0) is 12.8 Å². The molecule has 0 saturated heterocycles. The van der Waals surface area contributed by atoms with Gasteiger partial charge in [-0.05, 0) is 75.3 Å². The molecular weight excluding hydrogens is 444 g/mol. The molecule has 1 aliphatic carbocycles. The quantitative estimate of drug-likeness (QED) is 0.445. The Morgan fingerprint density at radius 3 is 2.65 bits per heavy atom. The van der Waals surface area contributed by atoms with E-state index in [0.29, 0.717) is 5.69 Å². The summed E-state index contributed by atoms with van der Waals surface area (Å²) in [7, 11) is 5.31. The second-order valence-corrected chi connectivity index (χ2v) is 10.2. The van der Waals surface area contributed by atoms with Crippen LogP contribution in [0.1, 0.15) is 54.9 Å². The topological polar surface area (TPSA) is 59.7 Å². The molecule has 0 aliphatic heterocycles. The number of rotatable bonds is 5. The molecule has 1 aliphatic rings. The zero-order valence-corrected chi connectivity index (χ0v) is 21.8. The first-order valence-corrected chi connectivity index (χ1v) is 12.4. The molecule has 0 bridgehead atoms. The third-order valence-corrected chi connectivity index (χ3v) is 7.13. The Hall–Kier alpha value is -3.19. The smallest absolute Gasteiger partial charge is 0.274 e. The van der Waals surface area contributed by atoms with Gasteiger partial charge < -0.3 is 9.64 Å². The minimum absolute atomic E-state index is 0.0535. The van der Waals surface area contributed by atoms with Crippen molar-refractivity contribution in [3.8, 4) is 22.7 Å². The predicted molar refractivity (Wildman–Crippen MR) is 141 cm³/mol. The van der Waals surface area contributed by atoms with Crippen LogP contribution in [-0.4, -0.2) is 53.5 Å². The zero-order valence-electron chi connectivity index (χ0n) is 21.0. The van der Waals surface area contributed by atoms with E-state index in [1.54, 1.807) is 30.4 Å². The summed E-state index contributed by atoms with van der Waals surface area (Å²) in [5.41, 5.74) is 7.41. The molecule has 0 radical (unpaired) electrons. The number of aromatic nitrogens is 2. The molecule has 6 nitrogen and oxygen atoms in total. The Balaban J connectivity index is 1.99. The number of hydrogen-bond donors (Lipinski definition) is 0. The molecule has 0 saturated carbocycles. The van der Waals surface area contributed by atoms with Crippen LogP contribution in [0, 0.1) is 0 Å². The van der Waals surface area contributed by atoms with Crippen molar-refractivity contribution in [2.24, 2.45) is 4.99 Å². The number of fused-ring (bicyclic) bond motifs is 3. The molecule has 1 aromatic carbocycles. The molecule has 178 valence electrons. The van der Waals surface area contributed by atoms with Gasteiger partial charge in [-0.3, -0.25) is 9.79 Å². The Labute approximate surface area is 205 Å². The molecule has 1 amide bonds. The van der Waals surface area contributed by atoms with Crippen molar-refractivity contribution >= 4 is 29.0 Å². The average molecular weight is 477 g/mol. The number of methoxy groups -OCH3 is 1. The van der Waals surface area contributed by atoms with Gasteiger partial charge in [-0.15, -0.1) is 0 Å². The van der Waals surface area contributed by atoms with Gasteiger partial charge in [0.1, 0.15) is 5.75 Å². The summed E-state index contributed by atoms with van der Waals surface area (Å²) < 4.78 is 7.70. The molecule has 0 unspecified atom stereocenters. The Kier molecular flexibility index (Phi) is 6.49. The van der Waals surface area contributed by atoms with Crippen molar-refractivity contribution < 1.29 is 9.53 Å². The van der Waals surface area contributed by atoms with Crippen LogP contribution in [0.2, 0.25) is 0 Å². The van der Waals surface area contributed by atoms with Gasteiger partial charge in [0, 0.05) is 47.9 Å². The minimum atomic E-state index is -0.302. The first-order valence-electron chi connectivity index (χ1n) is 11.4. The number of ether oxygens (including phenoxy) is 1. The van der Waals surface area contributed by atoms with Crippen molar-refractivity contribution in [2.75, 3.05) is 21.2 Å². The van der Waals surface area contributed by atoms with Crippen molar-refractivity contribution in [3.05, 3.63) is 57.4 Å². The molecule has 34 heavy (non-hydrogen) atoms. The highest BCUT2D eigenvalue weighted by molar-refractivity contribution is 7.08. The molecule has 0 fully saturated rings. The third kappa shape index (κ3) is 4.09. The maximum Gasteiger partial charge on any atom is 0.274 e. The van der Waals surface area contributed by atoms with Gasteiger partial charge in [-0.2, -0.15) is 16.4 Å². The number of thiophene rings is 1. The number of carbonyl (C=O) groups excluding carboxylic acids is 1. The number of benzene rings is 1. The lowest BCUT2D eigenvalue weighted by atomic mass is 9.86. The van der Waals surface area contributed by atoms with Crippen LogP contribution in [0.15, 0.2) is 40.0 Å². The van der Waals surface area contributed by atoms with Gasteiger partial charge in [0.15, 0.2) is 5.69 Å². The first-order chi connectivity index (χ1) is 16.2. The summed E-state index contributed by atoms with van der Waals surface area (Å²) in [6.45, 7) is 8.11. The van der Waals surface area contributed by atoms with E-state index < -0.39 is 0 Å². The minimum Gasteiger partial charge on any atom is -0.496 e. The van der Waals surface area contributed by atoms with Crippen LogP contribution in [0.25, 0.3) is 22.5 Å². The highest BCUT2D eigenvalue weighted by Gasteiger charge is 2.33. The van der Waals surface area contributed by atoms with Gasteiger partial charge in [0.25, 0.3) is 5.91 Å². The highest BCUT2D eigenvalue weighted by atomic mass is 32.1. The number of nitrogens with zero attached hydrogens (tertiary/aromatic N) is 4. The summed E-state index contributed by atoms with van der Waals surface area (Å²) in [5.74, 6) is 0.766. The average Bonchev–Trinajstić information content (AvgIpc) is 3.48. The fourth-order valence-electron chi connectivity index (χ4n) is 4.31. The molecular formula is C27H32N4O2S. The molecule has 0 N–H and O–H groups in total. The van der Waals surface area contributed by atoms with Crippen LogP contribution >= 0.6 is 11.3 Å². The predicted octanol–water partition coefficient (Wildman–Crippen LogP) is 5.68. The van der Waals surface area contributed by atoms with E-state index in [9.17, 15) is 4.79 Å². The van der Waals surface area contributed by atoms with E-state index in [0.717, 1.165) is 52.2 Å². The van der Waals surface area contributed by atoms with Crippen LogP contribution in [0.4, 0.5) is 0 Å². The van der Waals surface area contributed by atoms with E-state index in [-0.39, 0.29) is 11.4 Å². The molecule has 0 spiro atoms. The van der Waals surface area contributed by atoms with Crippen LogP contribution in [0.5, 0.6) is 5.75 Å². The summed E-state index contributed by atoms with van der Waals surface area (Å²) in [5, 5.41) is 9.00. The normalized spacial score (nSPS) is 13.7. The summed E-state index contributed by atoms with van der Waals surface area (Å²) in [6.07, 6.45) is 5.45. The number of amides is 1. The Morgan fingerprint density at radius 1 is 1.29 bits per heavy atom. The molecule has 4 rings (SSSR count). The van der Waals surface area contributed by atoms with Crippen molar-refractivity contribution in [1.29, 1.82) is 0 Å². The van der Waals surface area contributed by atoms with Crippen molar-refractivity contribution in [1.82, 2.24) is 14.7 Å². The highest BCUT2D eigenvalue weighted by Crippen LogP contribution is 2.42. The number of allylic oxidation sites excluding steroid dienone is 2. The molecule has 2 aromatic heterocycles.